The van der Waals surface area contributed by atoms with E-state index in [4.69, 9.17) is 9.57 Å². The van der Waals surface area contributed by atoms with Crippen molar-refractivity contribution in [2.24, 2.45) is 5.16 Å². The maximum Gasteiger partial charge on any atom is 0.416 e. The van der Waals surface area contributed by atoms with Crippen LogP contribution in [0.25, 0.3) is 11.1 Å². The average Bonchev–Trinajstić information content (AvgIpc) is 2.74. The molecule has 0 aromatic heterocycles. The van der Waals surface area contributed by atoms with Gasteiger partial charge in [0.15, 0.2) is 6.10 Å². The quantitative estimate of drug-likeness (QED) is 0.489. The van der Waals surface area contributed by atoms with Gasteiger partial charge in [-0.05, 0) is 31.0 Å². The molecule has 1 aliphatic heterocycles. The molecule has 166 valence electrons. The van der Waals surface area contributed by atoms with E-state index in [-0.39, 0.29) is 12.7 Å². The van der Waals surface area contributed by atoms with E-state index < -0.39 is 23.4 Å². The predicted octanol–water partition coefficient (Wildman–Crippen LogP) is 5.11. The van der Waals surface area contributed by atoms with Crippen LogP contribution in [0.15, 0.2) is 53.7 Å². The summed E-state index contributed by atoms with van der Waals surface area (Å²) in [7, 11) is 0. The van der Waals surface area contributed by atoms with Gasteiger partial charge >= 0.3 is 6.18 Å². The summed E-state index contributed by atoms with van der Waals surface area (Å²) in [6, 6.07) is 14.3. The molecule has 1 N–H and O–H groups in total. The molecule has 0 radical (unpaired) electrons. The van der Waals surface area contributed by atoms with Gasteiger partial charge in [0.05, 0.1) is 12.8 Å². The van der Waals surface area contributed by atoms with Gasteiger partial charge in [0.1, 0.15) is 11.4 Å². The molecule has 0 aliphatic carbocycles. The van der Waals surface area contributed by atoms with Gasteiger partial charge in [0.25, 0.3) is 0 Å². The number of anilines is 1. The molecule has 0 spiro atoms. The summed E-state index contributed by atoms with van der Waals surface area (Å²) in [6.45, 7) is 3.72. The van der Waals surface area contributed by atoms with Crippen LogP contribution in [0.2, 0.25) is 0 Å². The van der Waals surface area contributed by atoms with Gasteiger partial charge in [-0.1, -0.05) is 47.6 Å². The smallest absolute Gasteiger partial charge is 0.393 e. The summed E-state index contributed by atoms with van der Waals surface area (Å²) < 4.78 is 44.7. The third kappa shape index (κ3) is 6.24. The molecule has 3 rings (SSSR count). The van der Waals surface area contributed by atoms with Crippen LogP contribution < -0.4 is 5.32 Å². The van der Waals surface area contributed by atoms with Crippen LogP contribution in [0, 0.1) is 0 Å². The molecule has 2 aromatic carbocycles. The SMILES string of the molecule is CC(C)O/N=C/c1ccc(-c2ccccc2NC(=O)C2SCCOC2C(F)(F)F)cc1. The first-order valence-corrected chi connectivity index (χ1v) is 10.8. The first kappa shape index (κ1) is 23.1. The monoisotopic (exact) mass is 452 g/mol. The van der Waals surface area contributed by atoms with Crippen molar-refractivity contribution in [1.29, 1.82) is 0 Å². The highest BCUT2D eigenvalue weighted by molar-refractivity contribution is 8.00. The molecule has 1 heterocycles. The number of nitrogens with one attached hydrogen (secondary N) is 1. The minimum atomic E-state index is -4.61. The largest absolute Gasteiger partial charge is 0.416 e. The van der Waals surface area contributed by atoms with Crippen LogP contribution in [0.1, 0.15) is 19.4 Å². The van der Waals surface area contributed by atoms with Crippen molar-refractivity contribution in [3.05, 3.63) is 54.1 Å². The Hall–Kier alpha value is -2.52. The third-order valence-electron chi connectivity index (χ3n) is 4.41. The van der Waals surface area contributed by atoms with Crippen molar-refractivity contribution in [3.63, 3.8) is 0 Å². The first-order chi connectivity index (χ1) is 14.8. The number of ether oxygens (including phenoxy) is 1. The minimum absolute atomic E-state index is 0.0179. The Morgan fingerprint density at radius 1 is 1.23 bits per heavy atom. The summed E-state index contributed by atoms with van der Waals surface area (Å²) in [5, 5.41) is 5.19. The Balaban J connectivity index is 1.77. The molecular weight excluding hydrogens is 429 g/mol. The second-order valence-electron chi connectivity index (χ2n) is 7.17. The summed E-state index contributed by atoms with van der Waals surface area (Å²) in [6.07, 6.45) is -5.15. The number of benzene rings is 2. The van der Waals surface area contributed by atoms with Crippen molar-refractivity contribution < 1.29 is 27.5 Å². The van der Waals surface area contributed by atoms with Gasteiger partial charge in [-0.25, -0.2) is 0 Å². The van der Waals surface area contributed by atoms with E-state index in [1.54, 1.807) is 30.5 Å². The fourth-order valence-corrected chi connectivity index (χ4v) is 4.08. The average molecular weight is 452 g/mol. The first-order valence-electron chi connectivity index (χ1n) is 9.75. The Labute approximate surface area is 183 Å². The van der Waals surface area contributed by atoms with E-state index in [0.717, 1.165) is 22.9 Å². The van der Waals surface area contributed by atoms with Crippen LogP contribution in [0.3, 0.4) is 0 Å². The van der Waals surface area contributed by atoms with Gasteiger partial charge in [0, 0.05) is 17.0 Å². The number of alkyl halides is 3. The zero-order valence-corrected chi connectivity index (χ0v) is 17.9. The third-order valence-corrected chi connectivity index (χ3v) is 5.64. The normalized spacial score (nSPS) is 19.5. The molecule has 1 fully saturated rings. The van der Waals surface area contributed by atoms with Crippen molar-refractivity contribution in [2.75, 3.05) is 17.7 Å². The Morgan fingerprint density at radius 3 is 2.61 bits per heavy atom. The molecule has 1 saturated heterocycles. The molecular formula is C22H23F3N2O3S. The zero-order chi connectivity index (χ0) is 22.4. The van der Waals surface area contributed by atoms with Gasteiger partial charge in [0.2, 0.25) is 5.91 Å². The van der Waals surface area contributed by atoms with Crippen molar-refractivity contribution in [3.8, 4) is 11.1 Å². The van der Waals surface area contributed by atoms with Gasteiger partial charge in [-0.2, -0.15) is 13.2 Å². The molecule has 1 aliphatic rings. The minimum Gasteiger partial charge on any atom is -0.393 e. The standard InChI is InChI=1S/C22H23F3N2O3S/c1-14(2)30-26-13-15-7-9-16(10-8-15)17-5-3-4-6-18(17)27-21(28)19-20(22(23,24)25)29-11-12-31-19/h3-10,13-14,19-20H,11-12H2,1-2H3,(H,27,28)/b26-13+. The van der Waals surface area contributed by atoms with Crippen molar-refractivity contribution in [2.45, 2.75) is 37.5 Å². The van der Waals surface area contributed by atoms with Crippen molar-refractivity contribution >= 4 is 29.6 Å². The maximum atomic E-state index is 13.3. The van der Waals surface area contributed by atoms with Crippen LogP contribution in [0.4, 0.5) is 18.9 Å². The van der Waals surface area contributed by atoms with E-state index in [1.807, 2.05) is 38.1 Å². The number of hydrogen-bond acceptors (Lipinski definition) is 5. The van der Waals surface area contributed by atoms with Gasteiger partial charge < -0.3 is 14.9 Å². The van der Waals surface area contributed by atoms with E-state index >= 15 is 0 Å². The number of rotatable bonds is 6. The Morgan fingerprint density at radius 2 is 1.94 bits per heavy atom. The van der Waals surface area contributed by atoms with Crippen molar-refractivity contribution in [1.82, 2.24) is 0 Å². The fraction of sp³-hybridized carbons (Fsp3) is 0.364. The lowest BCUT2D eigenvalue weighted by molar-refractivity contribution is -0.219. The second kappa shape index (κ2) is 10.2. The number of amides is 1. The van der Waals surface area contributed by atoms with Crippen LogP contribution in [0.5, 0.6) is 0 Å². The lowest BCUT2D eigenvalue weighted by Gasteiger charge is -2.31. The number of carbonyl (C=O) groups is 1. The molecule has 0 saturated carbocycles. The maximum absolute atomic E-state index is 13.3. The highest BCUT2D eigenvalue weighted by Crippen LogP contribution is 2.36. The summed E-state index contributed by atoms with van der Waals surface area (Å²) in [5.74, 6) is -0.399. The number of halogens is 3. The van der Waals surface area contributed by atoms with E-state index in [0.29, 0.717) is 17.0 Å². The number of para-hydroxylation sites is 1. The second-order valence-corrected chi connectivity index (χ2v) is 8.42. The highest BCUT2D eigenvalue weighted by atomic mass is 32.2. The number of oxime groups is 1. The summed E-state index contributed by atoms with van der Waals surface area (Å²) >= 11 is 0.955. The Kier molecular flexibility index (Phi) is 7.61. The number of hydrogen-bond donors (Lipinski definition) is 1. The molecule has 5 nitrogen and oxygen atoms in total. The molecule has 2 unspecified atom stereocenters. The summed E-state index contributed by atoms with van der Waals surface area (Å²) in [4.78, 5) is 17.8. The number of carbonyl (C=O) groups excluding carboxylic acids is 1. The topological polar surface area (TPSA) is 59.9 Å². The van der Waals surface area contributed by atoms with Crippen LogP contribution >= 0.6 is 11.8 Å². The van der Waals surface area contributed by atoms with Crippen LogP contribution in [-0.2, 0) is 14.4 Å². The molecule has 31 heavy (non-hydrogen) atoms. The van der Waals surface area contributed by atoms with E-state index in [1.165, 1.54) is 0 Å². The summed E-state index contributed by atoms with van der Waals surface area (Å²) in [5.41, 5.74) is 2.76. The zero-order valence-electron chi connectivity index (χ0n) is 17.1. The van der Waals surface area contributed by atoms with E-state index in [9.17, 15) is 18.0 Å². The molecule has 1 amide bonds. The van der Waals surface area contributed by atoms with Gasteiger partial charge in [-0.15, -0.1) is 11.8 Å². The molecule has 0 bridgehead atoms. The lowest BCUT2D eigenvalue weighted by Crippen LogP contribution is -2.49. The molecule has 2 aromatic rings. The van der Waals surface area contributed by atoms with Crippen LogP contribution in [-0.4, -0.2) is 48.1 Å². The number of nitrogens with zero attached hydrogens (tertiary/aromatic N) is 1. The Bertz CT molecular complexity index is 917. The molecule has 9 heteroatoms. The highest BCUT2D eigenvalue weighted by Gasteiger charge is 2.50. The predicted molar refractivity (Wildman–Crippen MR) is 116 cm³/mol. The van der Waals surface area contributed by atoms with E-state index in [2.05, 4.69) is 10.5 Å². The number of thioether (sulfide) groups is 1. The molecule has 2 atom stereocenters. The lowest BCUT2D eigenvalue weighted by atomic mass is 10.0. The fourth-order valence-electron chi connectivity index (χ4n) is 3.01. The van der Waals surface area contributed by atoms with Gasteiger partial charge in [-0.3, -0.25) is 4.79 Å².